The monoisotopic (exact) mass is 279 g/mol. The molecule has 1 aliphatic heterocycles. The van der Waals surface area contributed by atoms with Crippen molar-refractivity contribution in [1.82, 2.24) is 4.90 Å². The highest BCUT2D eigenvalue weighted by molar-refractivity contribution is 7.10. The lowest BCUT2D eigenvalue weighted by atomic mass is 9.95. The molecule has 18 heavy (non-hydrogen) atoms. The van der Waals surface area contributed by atoms with Crippen LogP contribution in [0.1, 0.15) is 21.9 Å². The van der Waals surface area contributed by atoms with Gasteiger partial charge in [0, 0.05) is 23.9 Å². The minimum Gasteiger partial charge on any atom is -0.305 e. The van der Waals surface area contributed by atoms with Crippen molar-refractivity contribution in [3.63, 3.8) is 0 Å². The number of fused-ring (bicyclic) bond motifs is 1. The van der Waals surface area contributed by atoms with Crippen LogP contribution in [0.4, 0.5) is 0 Å². The van der Waals surface area contributed by atoms with Crippen molar-refractivity contribution in [2.24, 2.45) is 0 Å². The summed E-state index contributed by atoms with van der Waals surface area (Å²) in [6.45, 7) is 2.31. The van der Waals surface area contributed by atoms with Crippen molar-refractivity contribution >= 4 is 23.7 Å². The van der Waals surface area contributed by atoms with E-state index in [1.165, 1.54) is 18.5 Å². The fourth-order valence-electron chi connectivity index (χ4n) is 2.60. The Balaban J connectivity index is 0.00000120. The third-order valence-corrected chi connectivity index (χ3v) is 4.63. The highest BCUT2D eigenvalue weighted by atomic mass is 35.5. The van der Waals surface area contributed by atoms with Gasteiger partial charge in [-0.25, -0.2) is 0 Å². The molecule has 2 aromatic rings. The Bertz CT molecular complexity index is 494. The van der Waals surface area contributed by atoms with E-state index in [-0.39, 0.29) is 12.4 Å². The van der Waals surface area contributed by atoms with Gasteiger partial charge in [0.15, 0.2) is 0 Å². The quantitative estimate of drug-likeness (QED) is 0.768. The summed E-state index contributed by atoms with van der Waals surface area (Å²) < 4.78 is 0. The first-order chi connectivity index (χ1) is 8.34. The van der Waals surface area contributed by atoms with Crippen LogP contribution in [0.15, 0.2) is 41.8 Å². The molecular weight excluding hydrogens is 262 g/mol. The molecule has 1 unspecified atom stereocenters. The number of hydrogen-bond donors (Lipinski definition) is 0. The van der Waals surface area contributed by atoms with Crippen molar-refractivity contribution in [3.8, 4) is 0 Å². The van der Waals surface area contributed by atoms with Crippen LogP contribution in [0, 0.1) is 0 Å². The maximum atomic E-state index is 2.45. The Labute approximate surface area is 119 Å². The van der Waals surface area contributed by atoms with Crippen LogP contribution in [-0.4, -0.2) is 25.0 Å². The van der Waals surface area contributed by atoms with Crippen LogP contribution in [0.25, 0.3) is 0 Å². The summed E-state index contributed by atoms with van der Waals surface area (Å²) in [6.07, 6.45) is 1.19. The summed E-state index contributed by atoms with van der Waals surface area (Å²) in [5.74, 6) is 0.554. The number of benzene rings is 1. The fraction of sp³-hybridized carbons (Fsp3) is 0.333. The molecule has 0 saturated heterocycles. The Morgan fingerprint density at radius 1 is 1.17 bits per heavy atom. The van der Waals surface area contributed by atoms with E-state index in [0.717, 1.165) is 6.54 Å². The maximum Gasteiger partial charge on any atom is 0.0313 e. The van der Waals surface area contributed by atoms with Crippen LogP contribution in [0.3, 0.4) is 0 Å². The van der Waals surface area contributed by atoms with E-state index in [1.54, 1.807) is 10.4 Å². The van der Waals surface area contributed by atoms with Crippen molar-refractivity contribution in [2.45, 2.75) is 12.3 Å². The molecule has 1 aromatic carbocycles. The third kappa shape index (κ3) is 2.61. The fourth-order valence-corrected chi connectivity index (χ4v) is 3.67. The van der Waals surface area contributed by atoms with Gasteiger partial charge < -0.3 is 4.90 Å². The minimum atomic E-state index is 0. The van der Waals surface area contributed by atoms with E-state index in [9.17, 15) is 0 Å². The topological polar surface area (TPSA) is 3.24 Å². The molecule has 3 rings (SSSR count). The van der Waals surface area contributed by atoms with Crippen molar-refractivity contribution in [1.29, 1.82) is 0 Å². The van der Waals surface area contributed by atoms with Gasteiger partial charge in [-0.2, -0.15) is 0 Å². The SMILES string of the molecule is CN1CCc2ccsc2C(c2ccccc2)C1.Cl. The molecule has 0 amide bonds. The summed E-state index contributed by atoms with van der Waals surface area (Å²) in [6, 6.07) is 13.2. The molecule has 1 aliphatic rings. The molecule has 0 saturated carbocycles. The lowest BCUT2D eigenvalue weighted by Gasteiger charge is -2.20. The number of thiophene rings is 1. The molecule has 0 fully saturated rings. The van der Waals surface area contributed by atoms with Crippen LogP contribution in [0.2, 0.25) is 0 Å². The van der Waals surface area contributed by atoms with Gasteiger partial charge in [0.2, 0.25) is 0 Å². The Morgan fingerprint density at radius 3 is 2.72 bits per heavy atom. The molecule has 96 valence electrons. The predicted octanol–water partition coefficient (Wildman–Crippen LogP) is 3.79. The Kier molecular flexibility index (Phi) is 4.44. The number of likely N-dealkylation sites (N-methyl/N-ethyl adjacent to an activating group) is 1. The lowest BCUT2D eigenvalue weighted by Crippen LogP contribution is -2.24. The van der Waals surface area contributed by atoms with Gasteiger partial charge in [-0.05, 0) is 36.0 Å². The van der Waals surface area contributed by atoms with Gasteiger partial charge in [0.05, 0.1) is 0 Å². The first kappa shape index (κ1) is 13.6. The zero-order valence-electron chi connectivity index (χ0n) is 10.5. The average molecular weight is 280 g/mol. The van der Waals surface area contributed by atoms with Crippen LogP contribution in [0.5, 0.6) is 0 Å². The highest BCUT2D eigenvalue weighted by Gasteiger charge is 2.23. The first-order valence-electron chi connectivity index (χ1n) is 6.14. The number of hydrogen-bond acceptors (Lipinski definition) is 2. The molecule has 0 N–H and O–H groups in total. The summed E-state index contributed by atoms with van der Waals surface area (Å²) in [4.78, 5) is 4.02. The standard InChI is InChI=1S/C15H17NS.ClH/c1-16-9-7-13-8-10-17-15(13)14(11-16)12-5-3-2-4-6-12;/h2-6,8,10,14H,7,9,11H2,1H3;1H. The average Bonchev–Trinajstić information content (AvgIpc) is 2.77. The summed E-state index contributed by atoms with van der Waals surface area (Å²) >= 11 is 1.92. The normalized spacial score (nSPS) is 19.7. The highest BCUT2D eigenvalue weighted by Crippen LogP contribution is 2.34. The van der Waals surface area contributed by atoms with Crippen LogP contribution >= 0.6 is 23.7 Å². The maximum absolute atomic E-state index is 2.45. The third-order valence-electron chi connectivity index (χ3n) is 3.56. The van der Waals surface area contributed by atoms with Crippen molar-refractivity contribution in [3.05, 3.63) is 57.8 Å². The molecular formula is C15H18ClNS. The molecule has 0 spiro atoms. The largest absolute Gasteiger partial charge is 0.305 e. The van der Waals surface area contributed by atoms with E-state index in [1.807, 2.05) is 11.3 Å². The van der Waals surface area contributed by atoms with Gasteiger partial charge in [0.25, 0.3) is 0 Å². The summed E-state index contributed by atoms with van der Waals surface area (Å²) in [5.41, 5.74) is 3.00. The molecule has 1 aromatic heterocycles. The molecule has 3 heteroatoms. The lowest BCUT2D eigenvalue weighted by molar-refractivity contribution is 0.338. The molecule has 0 bridgehead atoms. The zero-order chi connectivity index (χ0) is 11.7. The second-order valence-corrected chi connectivity index (χ2v) is 5.73. The number of rotatable bonds is 1. The van der Waals surface area contributed by atoms with E-state index in [2.05, 4.69) is 53.7 Å². The van der Waals surface area contributed by atoms with E-state index in [0.29, 0.717) is 5.92 Å². The number of nitrogens with zero attached hydrogens (tertiary/aromatic N) is 1. The molecule has 0 radical (unpaired) electrons. The Hall–Kier alpha value is -0.830. The van der Waals surface area contributed by atoms with E-state index in [4.69, 9.17) is 0 Å². The molecule has 0 aliphatic carbocycles. The van der Waals surface area contributed by atoms with E-state index >= 15 is 0 Å². The van der Waals surface area contributed by atoms with Gasteiger partial charge in [-0.1, -0.05) is 30.3 Å². The smallest absolute Gasteiger partial charge is 0.0313 e. The van der Waals surface area contributed by atoms with Crippen molar-refractivity contribution in [2.75, 3.05) is 20.1 Å². The van der Waals surface area contributed by atoms with Gasteiger partial charge >= 0.3 is 0 Å². The molecule has 1 atom stereocenters. The van der Waals surface area contributed by atoms with Gasteiger partial charge in [-0.3, -0.25) is 0 Å². The summed E-state index contributed by atoms with van der Waals surface area (Å²) in [7, 11) is 2.23. The minimum absolute atomic E-state index is 0. The molecule has 1 nitrogen and oxygen atoms in total. The zero-order valence-corrected chi connectivity index (χ0v) is 12.1. The van der Waals surface area contributed by atoms with Gasteiger partial charge in [-0.15, -0.1) is 23.7 Å². The number of halogens is 1. The second kappa shape index (κ2) is 5.87. The predicted molar refractivity (Wildman–Crippen MR) is 81.1 cm³/mol. The van der Waals surface area contributed by atoms with Crippen LogP contribution in [-0.2, 0) is 6.42 Å². The second-order valence-electron chi connectivity index (χ2n) is 4.79. The van der Waals surface area contributed by atoms with Crippen LogP contribution < -0.4 is 0 Å². The Morgan fingerprint density at radius 2 is 1.94 bits per heavy atom. The van der Waals surface area contributed by atoms with E-state index < -0.39 is 0 Å². The first-order valence-corrected chi connectivity index (χ1v) is 7.02. The molecule has 2 heterocycles. The summed E-state index contributed by atoms with van der Waals surface area (Å²) in [5, 5.41) is 2.24. The van der Waals surface area contributed by atoms with Crippen molar-refractivity contribution < 1.29 is 0 Å². The van der Waals surface area contributed by atoms with Gasteiger partial charge in [0.1, 0.15) is 0 Å².